The zero-order chi connectivity index (χ0) is 36.4. The molecule has 0 aromatic heterocycles. The molecule has 1 N–H and O–H groups in total. The Morgan fingerprint density at radius 3 is 0.880 bits per heavy atom. The SMILES string of the molecule is CCCCCCCCCCCCCCCCCCCCCCC(=O)O[C@@H](CO)COC(=O)CCCCCCCCCCCCCCCCCC. The van der Waals surface area contributed by atoms with Gasteiger partial charge < -0.3 is 14.6 Å². The molecule has 0 fully saturated rings. The van der Waals surface area contributed by atoms with E-state index in [0.717, 1.165) is 32.1 Å². The Labute approximate surface area is 312 Å². The van der Waals surface area contributed by atoms with E-state index in [2.05, 4.69) is 13.8 Å². The lowest BCUT2D eigenvalue weighted by atomic mass is 10.0. The van der Waals surface area contributed by atoms with Gasteiger partial charge in [-0.15, -0.1) is 0 Å². The number of aliphatic hydroxyl groups is 1. The van der Waals surface area contributed by atoms with Crippen molar-refractivity contribution in [1.82, 2.24) is 0 Å². The van der Waals surface area contributed by atoms with E-state index in [1.54, 1.807) is 0 Å². The minimum atomic E-state index is -0.762. The number of rotatable bonds is 42. The molecule has 0 saturated heterocycles. The van der Waals surface area contributed by atoms with Gasteiger partial charge in [0.05, 0.1) is 6.61 Å². The predicted molar refractivity (Wildman–Crippen MR) is 215 cm³/mol. The summed E-state index contributed by atoms with van der Waals surface area (Å²) in [5.41, 5.74) is 0. The molecule has 0 bridgehead atoms. The zero-order valence-corrected chi connectivity index (χ0v) is 33.9. The van der Waals surface area contributed by atoms with Crippen LogP contribution < -0.4 is 0 Å². The highest BCUT2D eigenvalue weighted by Gasteiger charge is 2.16. The smallest absolute Gasteiger partial charge is 0.306 e. The second-order valence-electron chi connectivity index (χ2n) is 15.5. The van der Waals surface area contributed by atoms with Gasteiger partial charge in [-0.2, -0.15) is 0 Å². The van der Waals surface area contributed by atoms with Gasteiger partial charge in [0.25, 0.3) is 0 Å². The Kier molecular flexibility index (Phi) is 41.4. The highest BCUT2D eigenvalue weighted by Crippen LogP contribution is 2.17. The van der Waals surface area contributed by atoms with Crippen LogP contribution in [0.4, 0.5) is 0 Å². The lowest BCUT2D eigenvalue weighted by Gasteiger charge is -2.15. The van der Waals surface area contributed by atoms with Gasteiger partial charge in [0.15, 0.2) is 6.10 Å². The molecule has 0 aliphatic rings. The minimum absolute atomic E-state index is 0.0564. The lowest BCUT2D eigenvalue weighted by Crippen LogP contribution is -2.28. The average molecular weight is 709 g/mol. The second-order valence-corrected chi connectivity index (χ2v) is 15.5. The number of ether oxygens (including phenoxy) is 2. The van der Waals surface area contributed by atoms with E-state index in [1.165, 1.54) is 199 Å². The summed E-state index contributed by atoms with van der Waals surface area (Å²) in [5.74, 6) is -0.570. The first-order valence-corrected chi connectivity index (χ1v) is 22.6. The van der Waals surface area contributed by atoms with Crippen LogP contribution in [-0.2, 0) is 19.1 Å². The molecule has 0 spiro atoms. The highest BCUT2D eigenvalue weighted by atomic mass is 16.6. The number of carbonyl (C=O) groups excluding carboxylic acids is 2. The maximum atomic E-state index is 12.2. The third kappa shape index (κ3) is 39.7. The first-order chi connectivity index (χ1) is 24.6. The first-order valence-electron chi connectivity index (χ1n) is 22.6. The Morgan fingerprint density at radius 1 is 0.380 bits per heavy atom. The lowest BCUT2D eigenvalue weighted by molar-refractivity contribution is -0.161. The number of aliphatic hydroxyl groups excluding tert-OH is 1. The van der Waals surface area contributed by atoms with Gasteiger partial charge in [-0.05, 0) is 12.8 Å². The van der Waals surface area contributed by atoms with Gasteiger partial charge in [-0.3, -0.25) is 9.59 Å². The maximum Gasteiger partial charge on any atom is 0.306 e. The highest BCUT2D eigenvalue weighted by molar-refractivity contribution is 5.70. The van der Waals surface area contributed by atoms with Gasteiger partial charge in [-0.25, -0.2) is 0 Å². The fraction of sp³-hybridized carbons (Fsp3) is 0.956. The molecule has 5 heteroatoms. The molecule has 5 nitrogen and oxygen atoms in total. The number of esters is 2. The fourth-order valence-corrected chi connectivity index (χ4v) is 6.97. The summed E-state index contributed by atoms with van der Waals surface area (Å²) in [6.45, 7) is 4.18. The molecule has 0 heterocycles. The van der Waals surface area contributed by atoms with Crippen LogP contribution in [0.3, 0.4) is 0 Å². The van der Waals surface area contributed by atoms with Crippen LogP contribution in [0.25, 0.3) is 0 Å². The van der Waals surface area contributed by atoms with Crippen molar-refractivity contribution in [3.8, 4) is 0 Å². The van der Waals surface area contributed by atoms with E-state index in [0.29, 0.717) is 12.8 Å². The molecular weight excluding hydrogens is 620 g/mol. The first kappa shape index (κ1) is 48.9. The quantitative estimate of drug-likeness (QED) is 0.0505. The molecule has 0 aromatic carbocycles. The summed E-state index contributed by atoms with van der Waals surface area (Å²) in [7, 11) is 0. The largest absolute Gasteiger partial charge is 0.462 e. The van der Waals surface area contributed by atoms with Crippen molar-refractivity contribution in [2.75, 3.05) is 13.2 Å². The van der Waals surface area contributed by atoms with Crippen LogP contribution in [0, 0.1) is 0 Å². The van der Waals surface area contributed by atoms with Crippen LogP contribution in [0.1, 0.15) is 258 Å². The van der Waals surface area contributed by atoms with E-state index in [-0.39, 0.29) is 25.2 Å². The summed E-state index contributed by atoms with van der Waals surface area (Å²) in [6.07, 6.45) is 47.5. The monoisotopic (exact) mass is 709 g/mol. The van der Waals surface area contributed by atoms with Gasteiger partial charge in [0, 0.05) is 12.8 Å². The Balaban J connectivity index is 3.45. The Hall–Kier alpha value is -1.10. The number of unbranched alkanes of at least 4 members (excludes halogenated alkanes) is 34. The Morgan fingerprint density at radius 2 is 0.620 bits per heavy atom. The molecular formula is C45H88O5. The van der Waals surface area contributed by atoms with Crippen LogP contribution in [0.2, 0.25) is 0 Å². The zero-order valence-electron chi connectivity index (χ0n) is 33.9. The molecule has 0 radical (unpaired) electrons. The van der Waals surface area contributed by atoms with Gasteiger partial charge in [0.2, 0.25) is 0 Å². The van der Waals surface area contributed by atoms with Crippen molar-refractivity contribution >= 4 is 11.9 Å². The summed E-state index contributed by atoms with van der Waals surface area (Å²) in [4.78, 5) is 24.3. The van der Waals surface area contributed by atoms with Crippen LogP contribution in [0.15, 0.2) is 0 Å². The van der Waals surface area contributed by atoms with Crippen molar-refractivity contribution in [3.63, 3.8) is 0 Å². The molecule has 0 saturated carbocycles. The number of carbonyl (C=O) groups is 2. The predicted octanol–water partition coefficient (Wildman–Crippen LogP) is 14.3. The summed E-state index contributed by atoms with van der Waals surface area (Å²) < 4.78 is 10.7. The van der Waals surface area contributed by atoms with Gasteiger partial charge in [0.1, 0.15) is 6.61 Å². The van der Waals surface area contributed by atoms with E-state index in [9.17, 15) is 14.7 Å². The van der Waals surface area contributed by atoms with Crippen molar-refractivity contribution in [3.05, 3.63) is 0 Å². The van der Waals surface area contributed by atoms with Crippen LogP contribution >= 0.6 is 0 Å². The third-order valence-corrected chi connectivity index (χ3v) is 10.4. The van der Waals surface area contributed by atoms with E-state index in [1.807, 2.05) is 0 Å². The van der Waals surface area contributed by atoms with Gasteiger partial charge >= 0.3 is 11.9 Å². The molecule has 0 amide bonds. The topological polar surface area (TPSA) is 72.8 Å². The second kappa shape index (κ2) is 42.3. The molecule has 0 unspecified atom stereocenters. The summed E-state index contributed by atoms with van der Waals surface area (Å²) in [5, 5.41) is 9.58. The van der Waals surface area contributed by atoms with Crippen LogP contribution in [0.5, 0.6) is 0 Å². The normalized spacial score (nSPS) is 12.0. The maximum absolute atomic E-state index is 12.2. The fourth-order valence-electron chi connectivity index (χ4n) is 6.97. The number of hydrogen-bond donors (Lipinski definition) is 1. The van der Waals surface area contributed by atoms with Gasteiger partial charge in [-0.1, -0.05) is 232 Å². The molecule has 0 rings (SSSR count). The molecule has 50 heavy (non-hydrogen) atoms. The van der Waals surface area contributed by atoms with Crippen molar-refractivity contribution in [1.29, 1.82) is 0 Å². The van der Waals surface area contributed by atoms with Crippen molar-refractivity contribution in [2.24, 2.45) is 0 Å². The number of hydrogen-bond acceptors (Lipinski definition) is 5. The van der Waals surface area contributed by atoms with E-state index in [4.69, 9.17) is 9.47 Å². The molecule has 0 aliphatic carbocycles. The standard InChI is InChI=1S/C45H88O5/c1-3-5-7-9-11-13-15-17-19-21-22-23-24-26-28-30-32-34-36-38-40-45(48)50-43(41-46)42-49-44(47)39-37-35-33-31-29-27-25-20-18-16-14-12-10-8-6-4-2/h43,46H,3-42H2,1-2H3/t43-/m0/s1. The van der Waals surface area contributed by atoms with Crippen molar-refractivity contribution < 1.29 is 24.2 Å². The van der Waals surface area contributed by atoms with E-state index < -0.39 is 6.10 Å². The Bertz CT molecular complexity index is 680. The molecule has 0 aliphatic heterocycles. The average Bonchev–Trinajstić information content (AvgIpc) is 3.12. The van der Waals surface area contributed by atoms with Crippen LogP contribution in [-0.4, -0.2) is 36.4 Å². The molecule has 298 valence electrons. The molecule has 0 aromatic rings. The summed E-state index contributed by atoms with van der Waals surface area (Å²) in [6, 6.07) is 0. The minimum Gasteiger partial charge on any atom is -0.462 e. The van der Waals surface area contributed by atoms with E-state index >= 15 is 0 Å². The van der Waals surface area contributed by atoms with Crippen molar-refractivity contribution in [2.45, 2.75) is 264 Å². The third-order valence-electron chi connectivity index (χ3n) is 10.4. The molecule has 1 atom stereocenters. The summed E-state index contributed by atoms with van der Waals surface area (Å²) >= 11 is 0.